The molecule has 0 fully saturated rings. The molecule has 0 radical (unpaired) electrons. The molecule has 0 aliphatic carbocycles. The maximum atomic E-state index is 13.4. The van der Waals surface area contributed by atoms with E-state index in [0.717, 1.165) is 44.7 Å². The molecule has 0 spiro atoms. The van der Waals surface area contributed by atoms with Gasteiger partial charge in [0.05, 0.1) is 37.2 Å². The van der Waals surface area contributed by atoms with E-state index in [1.165, 1.54) is 0 Å². The van der Waals surface area contributed by atoms with Gasteiger partial charge in [0.2, 0.25) is 0 Å². The number of rotatable bonds is 8. The summed E-state index contributed by atoms with van der Waals surface area (Å²) in [5, 5.41) is 6.02. The molecule has 0 atom stereocenters. The Balaban J connectivity index is 1.71. The van der Waals surface area contributed by atoms with Crippen molar-refractivity contribution in [1.82, 2.24) is 24.7 Å². The minimum atomic E-state index is -0.280. The lowest BCUT2D eigenvalue weighted by atomic mass is 10.0. The molecule has 1 N–H and O–H groups in total. The first-order valence-corrected chi connectivity index (χ1v) is 12.0. The fourth-order valence-electron chi connectivity index (χ4n) is 4.69. The third kappa shape index (κ3) is 4.53. The number of methoxy groups -OCH3 is 2. The quantitative estimate of drug-likeness (QED) is 0.317. The van der Waals surface area contributed by atoms with Crippen molar-refractivity contribution in [3.63, 3.8) is 0 Å². The van der Waals surface area contributed by atoms with Gasteiger partial charge >= 0.3 is 0 Å². The first kappa shape index (κ1) is 24.5. The Labute approximate surface area is 214 Å². The molecule has 3 aromatic heterocycles. The van der Waals surface area contributed by atoms with Crippen molar-refractivity contribution in [2.75, 3.05) is 27.4 Å². The van der Waals surface area contributed by atoms with Crippen LogP contribution in [0, 0.1) is 20.8 Å². The van der Waals surface area contributed by atoms with E-state index in [1.807, 2.05) is 61.9 Å². The van der Waals surface area contributed by atoms with Crippen molar-refractivity contribution in [3.05, 3.63) is 75.5 Å². The number of pyridine rings is 1. The van der Waals surface area contributed by atoms with Crippen LogP contribution in [-0.4, -0.2) is 52.2 Å². The summed E-state index contributed by atoms with van der Waals surface area (Å²) in [7, 11) is 3.19. The number of H-pyrrole nitrogens is 1. The fraction of sp³-hybridized carbons (Fsp3) is 0.286. The number of nitrogens with one attached hydrogen (secondary N) is 1. The van der Waals surface area contributed by atoms with Crippen LogP contribution in [0.5, 0.6) is 11.5 Å². The van der Waals surface area contributed by atoms with E-state index >= 15 is 0 Å². The molecule has 9 heteroatoms. The Kier molecular flexibility index (Phi) is 6.62. The molecule has 3 heterocycles. The van der Waals surface area contributed by atoms with E-state index in [2.05, 4.69) is 9.97 Å². The van der Waals surface area contributed by atoms with E-state index in [-0.39, 0.29) is 5.56 Å². The normalized spacial score (nSPS) is 11.4. The maximum absolute atomic E-state index is 13.4. The molecule has 0 saturated carbocycles. The number of aromatic amines is 1. The van der Waals surface area contributed by atoms with Crippen molar-refractivity contribution in [2.45, 2.75) is 27.3 Å². The molecule has 0 bridgehead atoms. The largest absolute Gasteiger partial charge is 0.496 e. The van der Waals surface area contributed by atoms with Gasteiger partial charge < -0.3 is 19.2 Å². The highest BCUT2D eigenvalue weighted by Gasteiger charge is 2.20. The van der Waals surface area contributed by atoms with Crippen molar-refractivity contribution in [3.8, 4) is 22.9 Å². The van der Waals surface area contributed by atoms with Gasteiger partial charge in [0.15, 0.2) is 0 Å². The lowest BCUT2D eigenvalue weighted by Crippen LogP contribution is -2.13. The molecule has 0 aliphatic heterocycles. The Morgan fingerprint density at radius 1 is 1.03 bits per heavy atom. The number of hydrogen-bond donors (Lipinski definition) is 1. The highest BCUT2D eigenvalue weighted by Crippen LogP contribution is 2.34. The molecule has 5 rings (SSSR count). The number of benzene rings is 2. The molecule has 2 aromatic carbocycles. The topological polar surface area (TPSA) is 104 Å². The Bertz CT molecular complexity index is 1630. The molecular weight excluding hydrogens is 470 g/mol. The second-order valence-electron chi connectivity index (χ2n) is 8.96. The summed E-state index contributed by atoms with van der Waals surface area (Å²) < 4.78 is 18.5. The summed E-state index contributed by atoms with van der Waals surface area (Å²) in [6.07, 6.45) is 1.75. The molecule has 0 aliphatic rings. The van der Waals surface area contributed by atoms with Crippen LogP contribution in [0.4, 0.5) is 0 Å². The van der Waals surface area contributed by atoms with Crippen molar-refractivity contribution in [2.24, 2.45) is 0 Å². The third-order valence-electron chi connectivity index (χ3n) is 6.36. The van der Waals surface area contributed by atoms with Crippen LogP contribution in [0.15, 0.2) is 47.4 Å². The van der Waals surface area contributed by atoms with E-state index in [1.54, 1.807) is 20.4 Å². The van der Waals surface area contributed by atoms with Crippen molar-refractivity contribution >= 4 is 21.8 Å². The third-order valence-corrected chi connectivity index (χ3v) is 6.36. The van der Waals surface area contributed by atoms with Crippen LogP contribution in [-0.2, 0) is 11.3 Å². The summed E-state index contributed by atoms with van der Waals surface area (Å²) in [5.74, 6) is 1.72. The summed E-state index contributed by atoms with van der Waals surface area (Å²) in [5.41, 5.74) is 5.37. The van der Waals surface area contributed by atoms with Crippen LogP contribution in [0.25, 0.3) is 33.2 Å². The second kappa shape index (κ2) is 10.0. The summed E-state index contributed by atoms with van der Waals surface area (Å²) in [6, 6.07) is 11.5. The van der Waals surface area contributed by atoms with Gasteiger partial charge in [-0.05, 0) is 62.2 Å². The number of aromatic nitrogens is 5. The van der Waals surface area contributed by atoms with Gasteiger partial charge in [0.25, 0.3) is 5.56 Å². The number of ether oxygens (including phenoxy) is 3. The Hall–Kier alpha value is -4.24. The standard InChI is InChI=1S/C28H29N5O4/c1-16-12-19(13-17(2)26(16)37-11-10-35-4)27-30-24-23(28(34)31-27)22(36-5)14-21-18(3)32-33(25(21)24)15-20-8-6-7-9-29-20/h6-9,12-14H,10-11,15H2,1-5H3,(H,30,31,34). The highest BCUT2D eigenvalue weighted by atomic mass is 16.5. The molecule has 0 saturated heterocycles. The smallest absolute Gasteiger partial charge is 0.262 e. The minimum absolute atomic E-state index is 0.280. The van der Waals surface area contributed by atoms with Gasteiger partial charge in [-0.3, -0.25) is 14.5 Å². The fourth-order valence-corrected chi connectivity index (χ4v) is 4.69. The lowest BCUT2D eigenvalue weighted by Gasteiger charge is -2.14. The zero-order valence-electron chi connectivity index (χ0n) is 21.6. The van der Waals surface area contributed by atoms with Gasteiger partial charge in [-0.15, -0.1) is 0 Å². The molecule has 0 unspecified atom stereocenters. The van der Waals surface area contributed by atoms with Gasteiger partial charge in [0.1, 0.15) is 34.8 Å². The van der Waals surface area contributed by atoms with Crippen molar-refractivity contribution in [1.29, 1.82) is 0 Å². The van der Waals surface area contributed by atoms with E-state index in [4.69, 9.17) is 24.3 Å². The van der Waals surface area contributed by atoms with Gasteiger partial charge in [0, 0.05) is 24.3 Å². The predicted molar refractivity (Wildman–Crippen MR) is 143 cm³/mol. The predicted octanol–water partition coefficient (Wildman–Crippen LogP) is 4.34. The molecule has 9 nitrogen and oxygen atoms in total. The lowest BCUT2D eigenvalue weighted by molar-refractivity contribution is 0.145. The highest BCUT2D eigenvalue weighted by molar-refractivity contribution is 6.07. The number of aryl methyl sites for hydroxylation is 3. The van der Waals surface area contributed by atoms with Gasteiger partial charge in [-0.1, -0.05) is 6.07 Å². The monoisotopic (exact) mass is 499 g/mol. The van der Waals surface area contributed by atoms with Crippen LogP contribution >= 0.6 is 0 Å². The van der Waals surface area contributed by atoms with E-state index < -0.39 is 0 Å². The van der Waals surface area contributed by atoms with Crippen LogP contribution in [0.3, 0.4) is 0 Å². The number of hydrogen-bond acceptors (Lipinski definition) is 7. The summed E-state index contributed by atoms with van der Waals surface area (Å²) >= 11 is 0. The SMILES string of the molecule is COCCOc1c(C)cc(-c2nc3c(c(OC)cc4c(C)nn(Cc5ccccn5)c43)c(=O)[nH]2)cc1C. The number of nitrogens with zero attached hydrogens (tertiary/aromatic N) is 4. The molecule has 0 amide bonds. The molecular formula is C28H29N5O4. The Morgan fingerprint density at radius 3 is 2.49 bits per heavy atom. The second-order valence-corrected chi connectivity index (χ2v) is 8.96. The first-order valence-electron chi connectivity index (χ1n) is 12.0. The zero-order chi connectivity index (χ0) is 26.1. The first-order chi connectivity index (χ1) is 17.9. The van der Waals surface area contributed by atoms with Crippen LogP contribution in [0.2, 0.25) is 0 Å². The molecule has 190 valence electrons. The van der Waals surface area contributed by atoms with Crippen molar-refractivity contribution < 1.29 is 14.2 Å². The average molecular weight is 500 g/mol. The molecule has 37 heavy (non-hydrogen) atoms. The summed E-state index contributed by atoms with van der Waals surface area (Å²) in [6.45, 7) is 7.30. The number of fused-ring (bicyclic) bond motifs is 3. The minimum Gasteiger partial charge on any atom is -0.496 e. The van der Waals surface area contributed by atoms with Crippen LogP contribution in [0.1, 0.15) is 22.5 Å². The van der Waals surface area contributed by atoms with E-state index in [0.29, 0.717) is 42.2 Å². The Morgan fingerprint density at radius 2 is 1.81 bits per heavy atom. The maximum Gasteiger partial charge on any atom is 0.262 e. The van der Waals surface area contributed by atoms with Crippen LogP contribution < -0.4 is 15.0 Å². The van der Waals surface area contributed by atoms with E-state index in [9.17, 15) is 4.79 Å². The summed E-state index contributed by atoms with van der Waals surface area (Å²) in [4.78, 5) is 25.8. The zero-order valence-corrected chi connectivity index (χ0v) is 21.6. The average Bonchev–Trinajstić information content (AvgIpc) is 3.20. The molecule has 5 aromatic rings. The van der Waals surface area contributed by atoms with Gasteiger partial charge in [-0.2, -0.15) is 5.10 Å². The van der Waals surface area contributed by atoms with Gasteiger partial charge in [-0.25, -0.2) is 4.98 Å².